The van der Waals surface area contributed by atoms with Crippen LogP contribution in [0.15, 0.2) is 54.4 Å². The lowest BCUT2D eigenvalue weighted by atomic mass is 9.87. The third-order valence-corrected chi connectivity index (χ3v) is 8.82. The average molecular weight is 397 g/mol. The van der Waals surface area contributed by atoms with Crippen LogP contribution in [-0.4, -0.2) is 29.7 Å². The maximum atomic E-state index is 12.5. The Bertz CT molecular complexity index is 953. The van der Waals surface area contributed by atoms with Crippen molar-refractivity contribution in [2.45, 2.75) is 17.4 Å². The van der Waals surface area contributed by atoms with E-state index in [-0.39, 0.29) is 16.7 Å². The molecule has 138 valence electrons. The average Bonchev–Trinajstić information content (AvgIpc) is 2.92. The zero-order valence-electron chi connectivity index (χ0n) is 13.6. The summed E-state index contributed by atoms with van der Waals surface area (Å²) in [6.45, 7) is 1.22. The van der Waals surface area contributed by atoms with Crippen LogP contribution in [0.25, 0.3) is 6.08 Å². The van der Waals surface area contributed by atoms with Crippen LogP contribution in [0, 0.1) is 0 Å². The second-order valence-electron chi connectivity index (χ2n) is 6.22. The minimum Gasteiger partial charge on any atom is -0.381 e. The third kappa shape index (κ3) is 2.54. The smallest absolute Gasteiger partial charge is 0.352 e. The lowest BCUT2D eigenvalue weighted by molar-refractivity contribution is 0.0897. The molecule has 0 saturated carbocycles. The van der Waals surface area contributed by atoms with E-state index in [1.165, 1.54) is 55.7 Å². The molecule has 1 heterocycles. The molecule has 0 spiro atoms. The van der Waals surface area contributed by atoms with Crippen LogP contribution < -0.4 is 0 Å². The summed E-state index contributed by atoms with van der Waals surface area (Å²) in [4.78, 5) is 41.2. The molecule has 1 aromatic carbocycles. The van der Waals surface area contributed by atoms with Crippen molar-refractivity contribution >= 4 is 21.3 Å². The van der Waals surface area contributed by atoms with Gasteiger partial charge >= 0.3 is 15.2 Å². The molecule has 2 aromatic rings. The molecule has 0 amide bonds. The Balaban J connectivity index is 2.42. The van der Waals surface area contributed by atoms with Gasteiger partial charge in [0.1, 0.15) is 5.60 Å². The molecule has 3 rings (SSSR count). The predicted molar refractivity (Wildman–Crippen MR) is 94.0 cm³/mol. The monoisotopic (exact) mass is 397 g/mol. The molecule has 8 nitrogen and oxygen atoms in total. The number of pyridine rings is 1. The van der Waals surface area contributed by atoms with Gasteiger partial charge in [0.15, 0.2) is 0 Å². The summed E-state index contributed by atoms with van der Waals surface area (Å²) >= 11 is 0. The first-order valence-electron chi connectivity index (χ1n) is 7.50. The van der Waals surface area contributed by atoms with E-state index in [2.05, 4.69) is 4.98 Å². The van der Waals surface area contributed by atoms with Crippen molar-refractivity contribution in [3.8, 4) is 0 Å². The van der Waals surface area contributed by atoms with Gasteiger partial charge in [0.25, 0.3) is 0 Å². The van der Waals surface area contributed by atoms with E-state index in [0.717, 1.165) is 0 Å². The maximum Gasteiger partial charge on any atom is 0.352 e. The molecule has 10 heteroatoms. The Morgan fingerprint density at radius 1 is 1.00 bits per heavy atom. The van der Waals surface area contributed by atoms with E-state index in [1.807, 2.05) is 0 Å². The molecule has 0 aliphatic heterocycles. The van der Waals surface area contributed by atoms with Crippen molar-refractivity contribution in [1.29, 1.82) is 0 Å². The summed E-state index contributed by atoms with van der Waals surface area (Å²) in [7, 11) is -11.0. The molecule has 0 bridgehead atoms. The molecule has 1 aromatic heterocycles. The zero-order chi connectivity index (χ0) is 19.4. The van der Waals surface area contributed by atoms with E-state index in [1.54, 1.807) is 6.07 Å². The number of aromatic nitrogens is 1. The van der Waals surface area contributed by atoms with Gasteiger partial charge in [0.05, 0.1) is 0 Å². The first-order valence-corrected chi connectivity index (χ1v) is 10.7. The first kappa shape index (κ1) is 19.1. The number of hydrogen-bond donors (Lipinski definition) is 5. The van der Waals surface area contributed by atoms with Crippen LogP contribution in [0.4, 0.5) is 0 Å². The lowest BCUT2D eigenvalue weighted by Gasteiger charge is -2.40. The second-order valence-corrected chi connectivity index (χ2v) is 10.1. The van der Waals surface area contributed by atoms with Crippen LogP contribution in [-0.2, 0) is 19.6 Å². The van der Waals surface area contributed by atoms with Gasteiger partial charge in [-0.05, 0) is 24.1 Å². The summed E-state index contributed by atoms with van der Waals surface area (Å²) in [5.41, 5.74) is -2.42. The third-order valence-electron chi connectivity index (χ3n) is 4.60. The topological polar surface area (TPSA) is 148 Å². The highest BCUT2D eigenvalue weighted by molar-refractivity contribution is 7.72. The van der Waals surface area contributed by atoms with Gasteiger partial charge in [0.2, 0.25) is 4.90 Å². The van der Waals surface area contributed by atoms with Crippen molar-refractivity contribution in [2.24, 2.45) is 0 Å². The minimum absolute atomic E-state index is 0.144. The van der Waals surface area contributed by atoms with Crippen LogP contribution in [0.1, 0.15) is 23.6 Å². The highest BCUT2D eigenvalue weighted by Crippen LogP contribution is 2.81. The standard InChI is InChI=1S/C16H17NO7P2/c1-15(18,12-6-4-8-17-10-12)14-9-11-5-2-3-7-13(11)16(14,25(19,20)21)26(22,23)24/h2-10,18H,1H3,(H2,19,20,21)(H2,22,23,24). The highest BCUT2D eigenvalue weighted by atomic mass is 31.2. The van der Waals surface area contributed by atoms with Gasteiger partial charge in [-0.15, -0.1) is 0 Å². The maximum absolute atomic E-state index is 12.5. The summed E-state index contributed by atoms with van der Waals surface area (Å²) < 4.78 is 25.0. The van der Waals surface area contributed by atoms with Crippen molar-refractivity contribution in [2.75, 3.05) is 0 Å². The number of nitrogens with zero attached hydrogens (tertiary/aromatic N) is 1. The molecule has 0 saturated heterocycles. The summed E-state index contributed by atoms with van der Waals surface area (Å²) in [5.74, 6) is 0. The fraction of sp³-hybridized carbons (Fsp3) is 0.188. The van der Waals surface area contributed by atoms with E-state index in [0.29, 0.717) is 0 Å². The number of rotatable bonds is 4. The lowest BCUT2D eigenvalue weighted by Crippen LogP contribution is -2.37. The molecule has 1 unspecified atom stereocenters. The molecule has 0 radical (unpaired) electrons. The van der Waals surface area contributed by atoms with Crippen molar-refractivity contribution in [3.63, 3.8) is 0 Å². The Hall–Kier alpha value is -1.63. The number of aliphatic hydroxyl groups is 1. The Labute approximate surface area is 149 Å². The Morgan fingerprint density at radius 2 is 1.62 bits per heavy atom. The molecule has 1 atom stereocenters. The number of fused-ring (bicyclic) bond motifs is 1. The van der Waals surface area contributed by atoms with Gasteiger partial charge in [-0.25, -0.2) is 0 Å². The second kappa shape index (κ2) is 5.94. The summed E-state index contributed by atoms with van der Waals surface area (Å²) in [5, 5.41) is 11.1. The van der Waals surface area contributed by atoms with Gasteiger partial charge in [-0.1, -0.05) is 36.4 Å². The van der Waals surface area contributed by atoms with Crippen LogP contribution in [0.2, 0.25) is 0 Å². The van der Waals surface area contributed by atoms with E-state index in [4.69, 9.17) is 0 Å². The first-order chi connectivity index (χ1) is 11.9. The quantitative estimate of drug-likeness (QED) is 0.491. The predicted octanol–water partition coefficient (Wildman–Crippen LogP) is 1.89. The van der Waals surface area contributed by atoms with Gasteiger partial charge in [-0.2, -0.15) is 0 Å². The summed E-state index contributed by atoms with van der Waals surface area (Å²) in [6.07, 6.45) is 3.94. The van der Waals surface area contributed by atoms with Gasteiger partial charge in [-0.3, -0.25) is 14.1 Å². The van der Waals surface area contributed by atoms with Crippen molar-refractivity contribution in [1.82, 2.24) is 4.98 Å². The van der Waals surface area contributed by atoms with Gasteiger partial charge in [0, 0.05) is 23.5 Å². The highest BCUT2D eigenvalue weighted by Gasteiger charge is 2.69. The molecule has 1 aliphatic carbocycles. The fourth-order valence-electron chi connectivity index (χ4n) is 3.43. The van der Waals surface area contributed by atoms with E-state index < -0.39 is 31.3 Å². The van der Waals surface area contributed by atoms with Crippen molar-refractivity contribution in [3.05, 3.63) is 71.1 Å². The van der Waals surface area contributed by atoms with Crippen LogP contribution in [0.5, 0.6) is 0 Å². The SMILES string of the molecule is CC(O)(C1=Cc2ccccc2C1(P(=O)(O)O)P(=O)(O)O)c1cccnc1. The molecule has 26 heavy (non-hydrogen) atoms. The van der Waals surface area contributed by atoms with E-state index in [9.17, 15) is 33.8 Å². The number of hydrogen-bond acceptors (Lipinski definition) is 4. The fourth-order valence-corrected chi connectivity index (χ4v) is 7.01. The largest absolute Gasteiger partial charge is 0.381 e. The van der Waals surface area contributed by atoms with E-state index >= 15 is 0 Å². The van der Waals surface area contributed by atoms with Crippen LogP contribution in [0.3, 0.4) is 0 Å². The molecular formula is C16H17NO7P2. The molecular weight excluding hydrogens is 380 g/mol. The minimum atomic E-state index is -5.48. The Kier molecular flexibility index (Phi) is 4.37. The Morgan fingerprint density at radius 3 is 2.15 bits per heavy atom. The molecule has 0 fully saturated rings. The normalized spacial score (nSPS) is 18.8. The van der Waals surface area contributed by atoms with Gasteiger partial charge < -0.3 is 24.7 Å². The molecule has 5 N–H and O–H groups in total. The molecule has 1 aliphatic rings. The summed E-state index contributed by atoms with van der Waals surface area (Å²) in [6, 6.07) is 8.68. The van der Waals surface area contributed by atoms with Crippen molar-refractivity contribution < 1.29 is 33.8 Å². The zero-order valence-corrected chi connectivity index (χ0v) is 15.4. The number of benzene rings is 1. The van der Waals surface area contributed by atoms with Crippen LogP contribution >= 0.6 is 15.2 Å².